The van der Waals surface area contributed by atoms with Crippen LogP contribution < -0.4 is 16.8 Å². The molecule has 1 unspecified atom stereocenters. The molecule has 142 valence electrons. The van der Waals surface area contributed by atoms with Gasteiger partial charge in [0.1, 0.15) is 11.8 Å². The van der Waals surface area contributed by atoms with Crippen LogP contribution in [0.2, 0.25) is 0 Å². The van der Waals surface area contributed by atoms with E-state index >= 15 is 0 Å². The average molecular weight is 371 g/mol. The smallest absolute Gasteiger partial charge is 0.320 e. The van der Waals surface area contributed by atoms with E-state index in [-0.39, 0.29) is 0 Å². The minimum atomic E-state index is -0.954. The Bertz CT molecular complexity index is 500. The fourth-order valence-corrected chi connectivity index (χ4v) is 4.92. The lowest BCUT2D eigenvalue weighted by atomic mass is 10.0. The number of aliphatic imine (C=N–C) groups is 1. The number of nitrogens with two attached hydrogens (primary N) is 2. The molecule has 8 heteroatoms. The summed E-state index contributed by atoms with van der Waals surface area (Å²) in [5.74, 6) is 0.984. The number of guanidine groups is 1. The van der Waals surface area contributed by atoms with Gasteiger partial charge in [0.15, 0.2) is 5.96 Å². The van der Waals surface area contributed by atoms with E-state index in [0.29, 0.717) is 48.3 Å². The van der Waals surface area contributed by atoms with Gasteiger partial charge in [0.25, 0.3) is 0 Å². The standard InChI is InChI=1S/C17H30N4O3S/c18-12(16(23)24)8-3-1-2-6-11(22)7-4-5-9-14-15-13(10-25-14)20-17(19)21-15/h12-15H,1-10,18H2,(H,23,24)(H3,19,20,21)/t12-,13?,14-,15-/m0/s1. The fourth-order valence-electron chi connectivity index (χ4n) is 3.40. The molecule has 0 aromatic rings. The van der Waals surface area contributed by atoms with Crippen molar-refractivity contribution in [3.63, 3.8) is 0 Å². The third-order valence-electron chi connectivity index (χ3n) is 4.89. The molecule has 6 N–H and O–H groups in total. The average Bonchev–Trinajstić information content (AvgIpc) is 3.10. The lowest BCUT2D eigenvalue weighted by Crippen LogP contribution is -2.38. The third kappa shape index (κ3) is 6.51. The van der Waals surface area contributed by atoms with Crippen LogP contribution in [0.5, 0.6) is 0 Å². The van der Waals surface area contributed by atoms with Gasteiger partial charge in [-0.05, 0) is 25.7 Å². The van der Waals surface area contributed by atoms with Crippen LogP contribution >= 0.6 is 11.8 Å². The number of nitrogens with one attached hydrogen (secondary N) is 1. The van der Waals surface area contributed by atoms with Crippen molar-refractivity contribution in [3.05, 3.63) is 0 Å². The molecular weight excluding hydrogens is 340 g/mol. The Kier molecular flexibility index (Phi) is 8.02. The van der Waals surface area contributed by atoms with E-state index in [4.69, 9.17) is 16.6 Å². The van der Waals surface area contributed by atoms with Crippen molar-refractivity contribution in [2.24, 2.45) is 16.5 Å². The molecule has 7 nitrogen and oxygen atoms in total. The number of hydrogen-bond acceptors (Lipinski definition) is 7. The molecule has 0 radical (unpaired) electrons. The number of fused-ring (bicyclic) bond motifs is 1. The molecule has 2 rings (SSSR count). The minimum Gasteiger partial charge on any atom is -0.480 e. The Morgan fingerprint density at radius 2 is 1.96 bits per heavy atom. The molecule has 1 fully saturated rings. The molecule has 25 heavy (non-hydrogen) atoms. The Labute approximate surface area is 153 Å². The van der Waals surface area contributed by atoms with Gasteiger partial charge in [0.2, 0.25) is 0 Å². The van der Waals surface area contributed by atoms with Crippen LogP contribution in [0, 0.1) is 0 Å². The predicted molar refractivity (Wildman–Crippen MR) is 101 cm³/mol. The quantitative estimate of drug-likeness (QED) is 0.380. The van der Waals surface area contributed by atoms with Gasteiger partial charge < -0.3 is 21.9 Å². The van der Waals surface area contributed by atoms with Crippen molar-refractivity contribution in [3.8, 4) is 0 Å². The van der Waals surface area contributed by atoms with Crippen LogP contribution in [0.15, 0.2) is 4.99 Å². The Morgan fingerprint density at radius 3 is 2.68 bits per heavy atom. The number of unbranched alkanes of at least 4 members (excludes halogenated alkanes) is 3. The summed E-state index contributed by atoms with van der Waals surface area (Å²) in [6.07, 6.45) is 7.24. The summed E-state index contributed by atoms with van der Waals surface area (Å²) >= 11 is 1.96. The summed E-state index contributed by atoms with van der Waals surface area (Å²) in [5.41, 5.74) is 11.2. The summed E-state index contributed by atoms with van der Waals surface area (Å²) in [7, 11) is 0. The summed E-state index contributed by atoms with van der Waals surface area (Å²) in [6, 6.07) is -0.0812. The van der Waals surface area contributed by atoms with Crippen molar-refractivity contribution in [2.45, 2.75) is 81.2 Å². The van der Waals surface area contributed by atoms with Crippen LogP contribution in [-0.4, -0.2) is 51.9 Å². The summed E-state index contributed by atoms with van der Waals surface area (Å²) in [5, 5.41) is 12.4. The lowest BCUT2D eigenvalue weighted by molar-refractivity contribution is -0.138. The second-order valence-corrected chi connectivity index (χ2v) is 8.23. The molecule has 4 atom stereocenters. The summed E-state index contributed by atoms with van der Waals surface area (Å²) < 4.78 is 0. The highest BCUT2D eigenvalue weighted by atomic mass is 32.2. The zero-order valence-corrected chi connectivity index (χ0v) is 15.5. The van der Waals surface area contributed by atoms with E-state index in [1.807, 2.05) is 11.8 Å². The van der Waals surface area contributed by atoms with E-state index in [1.165, 1.54) is 0 Å². The van der Waals surface area contributed by atoms with Gasteiger partial charge in [-0.15, -0.1) is 0 Å². The first-order chi connectivity index (χ1) is 12.0. The Morgan fingerprint density at radius 1 is 1.24 bits per heavy atom. The summed E-state index contributed by atoms with van der Waals surface area (Å²) in [4.78, 5) is 27.0. The van der Waals surface area contributed by atoms with Crippen LogP contribution in [-0.2, 0) is 9.59 Å². The molecule has 2 aliphatic heterocycles. The molecule has 0 aliphatic carbocycles. The second-order valence-electron chi connectivity index (χ2n) is 6.96. The SMILES string of the molecule is NC1=N[C@H]2C(CS[C@H]2CCCCC(=O)CCCCC[C@H](N)C(=O)O)N1. The number of aliphatic carboxylic acids is 1. The van der Waals surface area contributed by atoms with Gasteiger partial charge in [-0.2, -0.15) is 11.8 Å². The van der Waals surface area contributed by atoms with Gasteiger partial charge in [0.05, 0.1) is 12.1 Å². The normalized spacial score (nSPS) is 26.0. The number of carbonyl (C=O) groups is 2. The molecule has 2 aliphatic rings. The highest BCUT2D eigenvalue weighted by Gasteiger charge is 2.39. The van der Waals surface area contributed by atoms with E-state index in [9.17, 15) is 9.59 Å². The highest BCUT2D eigenvalue weighted by Crippen LogP contribution is 2.35. The third-order valence-corrected chi connectivity index (χ3v) is 6.38. The number of hydrogen-bond donors (Lipinski definition) is 4. The number of Topliss-reactive ketones (excluding diaryl/α,β-unsaturated/α-hetero) is 1. The number of carbonyl (C=O) groups excluding carboxylic acids is 1. The largest absolute Gasteiger partial charge is 0.480 e. The lowest BCUT2D eigenvalue weighted by Gasteiger charge is -2.14. The number of carboxylic acids is 1. The van der Waals surface area contributed by atoms with Gasteiger partial charge in [-0.25, -0.2) is 4.99 Å². The number of thioether (sulfide) groups is 1. The minimum absolute atomic E-state index is 0.304. The molecule has 0 aromatic heterocycles. The monoisotopic (exact) mass is 370 g/mol. The van der Waals surface area contributed by atoms with Gasteiger partial charge in [-0.1, -0.05) is 19.3 Å². The zero-order chi connectivity index (χ0) is 18.2. The number of rotatable bonds is 12. The van der Waals surface area contributed by atoms with E-state index in [2.05, 4.69) is 10.3 Å². The first kappa shape index (κ1) is 20.0. The molecule has 0 bridgehead atoms. The Balaban J connectivity index is 1.47. The summed E-state index contributed by atoms with van der Waals surface area (Å²) in [6.45, 7) is 0. The number of nitrogens with zero attached hydrogens (tertiary/aromatic N) is 1. The fraction of sp³-hybridized carbons (Fsp3) is 0.824. The van der Waals surface area contributed by atoms with Crippen molar-refractivity contribution in [1.29, 1.82) is 0 Å². The van der Waals surface area contributed by atoms with Crippen LogP contribution in [0.25, 0.3) is 0 Å². The van der Waals surface area contributed by atoms with Gasteiger partial charge in [0, 0.05) is 23.8 Å². The van der Waals surface area contributed by atoms with Crippen molar-refractivity contribution < 1.29 is 14.7 Å². The Hall–Kier alpha value is -1.28. The maximum absolute atomic E-state index is 11.9. The molecule has 1 saturated heterocycles. The first-order valence-electron chi connectivity index (χ1n) is 9.19. The number of carboxylic acid groups (broad SMARTS) is 1. The van der Waals surface area contributed by atoms with Crippen molar-refractivity contribution in [1.82, 2.24) is 5.32 Å². The molecule has 0 aromatic carbocycles. The maximum Gasteiger partial charge on any atom is 0.320 e. The van der Waals surface area contributed by atoms with Crippen LogP contribution in [0.4, 0.5) is 0 Å². The van der Waals surface area contributed by atoms with Gasteiger partial charge >= 0.3 is 5.97 Å². The van der Waals surface area contributed by atoms with Crippen molar-refractivity contribution in [2.75, 3.05) is 5.75 Å². The van der Waals surface area contributed by atoms with Crippen LogP contribution in [0.3, 0.4) is 0 Å². The molecule has 0 amide bonds. The zero-order valence-electron chi connectivity index (χ0n) is 14.7. The highest BCUT2D eigenvalue weighted by molar-refractivity contribution is 8.00. The van der Waals surface area contributed by atoms with Crippen LogP contribution in [0.1, 0.15) is 57.8 Å². The molecular formula is C17H30N4O3S. The topological polar surface area (TPSA) is 131 Å². The van der Waals surface area contributed by atoms with E-state index < -0.39 is 12.0 Å². The van der Waals surface area contributed by atoms with E-state index in [1.54, 1.807) is 0 Å². The van der Waals surface area contributed by atoms with Crippen molar-refractivity contribution >= 4 is 29.5 Å². The van der Waals surface area contributed by atoms with Gasteiger partial charge in [-0.3, -0.25) is 9.59 Å². The molecule has 0 saturated carbocycles. The second kappa shape index (κ2) is 10.0. The molecule has 2 heterocycles. The van der Waals surface area contributed by atoms with E-state index in [0.717, 1.165) is 44.3 Å². The predicted octanol–water partition coefficient (Wildman–Crippen LogP) is 1.25. The number of ketones is 1. The first-order valence-corrected chi connectivity index (χ1v) is 10.2. The maximum atomic E-state index is 11.9. The molecule has 0 spiro atoms.